The van der Waals surface area contributed by atoms with Gasteiger partial charge in [-0.15, -0.1) is 0 Å². The highest BCUT2D eigenvalue weighted by atomic mass is 35.5. The second-order valence-electron chi connectivity index (χ2n) is 4.59. The van der Waals surface area contributed by atoms with Crippen LogP contribution in [-0.2, 0) is 0 Å². The van der Waals surface area contributed by atoms with Crippen molar-refractivity contribution in [2.45, 2.75) is 13.0 Å². The van der Waals surface area contributed by atoms with Crippen LogP contribution in [0.5, 0.6) is 0 Å². The van der Waals surface area contributed by atoms with Crippen LogP contribution in [0.15, 0.2) is 47.4 Å². The molecule has 0 fully saturated rings. The average molecular weight is 289 g/mol. The summed E-state index contributed by atoms with van der Waals surface area (Å²) in [7, 11) is 0. The molecule has 0 unspecified atom stereocenters. The van der Waals surface area contributed by atoms with Crippen LogP contribution < -0.4 is 11.4 Å². The highest BCUT2D eigenvalue weighted by Gasteiger charge is 2.15. The van der Waals surface area contributed by atoms with E-state index in [1.54, 1.807) is 10.6 Å². The van der Waals surface area contributed by atoms with Gasteiger partial charge in [0.25, 0.3) is 0 Å². The topological polar surface area (TPSA) is 65.3 Å². The molecule has 0 radical (unpaired) electrons. The fourth-order valence-electron chi connectivity index (χ4n) is 2.21. The van der Waals surface area contributed by atoms with Gasteiger partial charge in [-0.25, -0.2) is 14.2 Å². The summed E-state index contributed by atoms with van der Waals surface area (Å²) in [4.78, 5) is 16.8. The maximum absolute atomic E-state index is 12.7. The molecule has 3 rings (SSSR count). The van der Waals surface area contributed by atoms with Crippen LogP contribution in [0.1, 0.15) is 18.7 Å². The first-order chi connectivity index (χ1) is 9.59. The van der Waals surface area contributed by atoms with Gasteiger partial charge in [0.15, 0.2) is 0 Å². The van der Waals surface area contributed by atoms with Gasteiger partial charge in [0.05, 0.1) is 11.9 Å². The number of benzene rings is 1. The van der Waals surface area contributed by atoms with Crippen LogP contribution in [0.25, 0.3) is 11.3 Å². The van der Waals surface area contributed by atoms with Gasteiger partial charge in [0.1, 0.15) is 10.8 Å². The van der Waals surface area contributed by atoms with Crippen molar-refractivity contribution in [2.75, 3.05) is 0 Å². The van der Waals surface area contributed by atoms with Crippen LogP contribution in [0, 0.1) is 0 Å². The van der Waals surface area contributed by atoms with Crippen LogP contribution in [0.3, 0.4) is 0 Å². The Hall–Kier alpha value is -2.11. The van der Waals surface area contributed by atoms with E-state index in [1.807, 2.05) is 37.3 Å². The van der Waals surface area contributed by atoms with E-state index in [-0.39, 0.29) is 16.9 Å². The first-order valence-electron chi connectivity index (χ1n) is 6.19. The zero-order valence-corrected chi connectivity index (χ0v) is 11.6. The number of aromatic nitrogens is 3. The molecule has 2 aromatic heterocycles. The molecular formula is C14H13ClN4O. The number of imidazole rings is 1. The van der Waals surface area contributed by atoms with Crippen LogP contribution in [-0.4, -0.2) is 14.0 Å². The van der Waals surface area contributed by atoms with E-state index in [0.29, 0.717) is 11.3 Å². The van der Waals surface area contributed by atoms with Crippen LogP contribution in [0.4, 0.5) is 0 Å². The molecule has 20 heavy (non-hydrogen) atoms. The fraction of sp³-hybridized carbons (Fsp3) is 0.143. The number of para-hydroxylation sites is 1. The monoisotopic (exact) mass is 288 g/mol. The maximum atomic E-state index is 12.7. The average Bonchev–Trinajstić information content (AvgIpc) is 2.81. The largest absolute Gasteiger partial charge is 0.339 e. The first-order valence-corrected chi connectivity index (χ1v) is 6.57. The summed E-state index contributed by atoms with van der Waals surface area (Å²) in [6.45, 7) is 1.83. The van der Waals surface area contributed by atoms with Gasteiger partial charge >= 0.3 is 5.69 Å². The Kier molecular flexibility index (Phi) is 3.08. The Labute approximate surface area is 120 Å². The highest BCUT2D eigenvalue weighted by molar-refractivity contribution is 6.29. The Morgan fingerprint density at radius 2 is 2.00 bits per heavy atom. The summed E-state index contributed by atoms with van der Waals surface area (Å²) < 4.78 is 2.92. The molecule has 6 heteroatoms. The fourth-order valence-corrected chi connectivity index (χ4v) is 2.42. The molecule has 2 heterocycles. The van der Waals surface area contributed by atoms with Crippen LogP contribution in [0.2, 0.25) is 5.15 Å². The summed E-state index contributed by atoms with van der Waals surface area (Å²) >= 11 is 6.03. The molecule has 1 atom stereocenters. The molecule has 5 nitrogen and oxygen atoms in total. The number of hydrogen-bond acceptors (Lipinski definition) is 3. The molecule has 0 spiro atoms. The van der Waals surface area contributed by atoms with Crippen LogP contribution >= 0.6 is 11.6 Å². The Bertz CT molecular complexity index is 820. The van der Waals surface area contributed by atoms with E-state index in [9.17, 15) is 4.79 Å². The van der Waals surface area contributed by atoms with Gasteiger partial charge in [0, 0.05) is 17.8 Å². The number of fused-ring (bicyclic) bond motifs is 1. The van der Waals surface area contributed by atoms with Gasteiger partial charge in [-0.2, -0.15) is 0 Å². The van der Waals surface area contributed by atoms with E-state index < -0.39 is 0 Å². The predicted octanol–water partition coefficient (Wildman–Crippen LogP) is 2.16. The van der Waals surface area contributed by atoms with Crippen molar-refractivity contribution in [3.63, 3.8) is 0 Å². The lowest BCUT2D eigenvalue weighted by atomic mass is 10.2. The van der Waals surface area contributed by atoms with E-state index in [0.717, 1.165) is 5.69 Å². The van der Waals surface area contributed by atoms with Gasteiger partial charge in [-0.1, -0.05) is 29.8 Å². The van der Waals surface area contributed by atoms with E-state index in [2.05, 4.69) is 4.98 Å². The molecule has 102 valence electrons. The van der Waals surface area contributed by atoms with E-state index >= 15 is 0 Å². The molecule has 3 aromatic rings. The van der Waals surface area contributed by atoms with E-state index in [1.165, 1.54) is 10.6 Å². The van der Waals surface area contributed by atoms with Gasteiger partial charge in [-0.05, 0) is 19.1 Å². The summed E-state index contributed by atoms with van der Waals surface area (Å²) in [5.74, 6) is 0. The smallest absolute Gasteiger partial charge is 0.323 e. The number of nitrogens with zero attached hydrogens (tertiary/aromatic N) is 3. The van der Waals surface area contributed by atoms with Gasteiger partial charge in [-0.3, -0.25) is 4.57 Å². The van der Waals surface area contributed by atoms with Crippen molar-refractivity contribution in [3.8, 4) is 5.69 Å². The molecule has 0 saturated heterocycles. The summed E-state index contributed by atoms with van der Waals surface area (Å²) in [5, 5.41) is 0.283. The number of nitrogens with two attached hydrogens (primary N) is 1. The summed E-state index contributed by atoms with van der Waals surface area (Å²) in [6.07, 6.45) is 1.46. The molecule has 0 saturated carbocycles. The second kappa shape index (κ2) is 4.77. The standard InChI is InChI=1S/C14H13ClN4O/c1-9(16)11-7-13-17-8-12(15)19(13)14(20)18(11)10-5-3-2-4-6-10/h2-9H,16H2,1H3/t9-/m1/s1. The van der Waals surface area contributed by atoms with Crippen molar-refractivity contribution < 1.29 is 0 Å². The number of rotatable bonds is 2. The lowest BCUT2D eigenvalue weighted by Gasteiger charge is -2.16. The predicted molar refractivity (Wildman–Crippen MR) is 78.4 cm³/mol. The van der Waals surface area contributed by atoms with Crippen molar-refractivity contribution in [3.05, 3.63) is 63.9 Å². The summed E-state index contributed by atoms with van der Waals surface area (Å²) in [6, 6.07) is 10.8. The van der Waals surface area contributed by atoms with Crippen molar-refractivity contribution in [1.29, 1.82) is 0 Å². The molecule has 0 bridgehead atoms. The minimum atomic E-state index is -0.302. The third-order valence-corrected chi connectivity index (χ3v) is 3.41. The zero-order chi connectivity index (χ0) is 14.3. The maximum Gasteiger partial charge on any atom is 0.339 e. The molecule has 2 N–H and O–H groups in total. The molecule has 1 aromatic carbocycles. The van der Waals surface area contributed by atoms with Gasteiger partial charge < -0.3 is 5.73 Å². The SMILES string of the molecule is C[C@@H](N)c1cc2ncc(Cl)n2c(=O)n1-c1ccccc1. The normalized spacial score (nSPS) is 12.8. The minimum absolute atomic E-state index is 0.275. The lowest BCUT2D eigenvalue weighted by Crippen LogP contribution is -2.30. The molecule has 0 aliphatic heterocycles. The quantitative estimate of drug-likeness (QED) is 0.786. The molecule has 0 amide bonds. The number of hydrogen-bond donors (Lipinski definition) is 1. The summed E-state index contributed by atoms with van der Waals surface area (Å²) in [5.41, 5.74) is 7.65. The van der Waals surface area contributed by atoms with Gasteiger partial charge in [0.2, 0.25) is 0 Å². The molecular weight excluding hydrogens is 276 g/mol. The minimum Gasteiger partial charge on any atom is -0.323 e. The molecule has 0 aliphatic rings. The Morgan fingerprint density at radius 1 is 1.30 bits per heavy atom. The van der Waals surface area contributed by atoms with Crippen molar-refractivity contribution in [1.82, 2.24) is 14.0 Å². The van der Waals surface area contributed by atoms with Crippen molar-refractivity contribution >= 4 is 17.2 Å². The van der Waals surface area contributed by atoms with E-state index in [4.69, 9.17) is 17.3 Å². The Morgan fingerprint density at radius 3 is 2.65 bits per heavy atom. The third-order valence-electron chi connectivity index (χ3n) is 3.14. The second-order valence-corrected chi connectivity index (χ2v) is 4.97. The molecule has 0 aliphatic carbocycles. The zero-order valence-electron chi connectivity index (χ0n) is 10.8. The first kappa shape index (κ1) is 12.9. The third kappa shape index (κ3) is 1.92. The Balaban J connectivity index is 2.45. The van der Waals surface area contributed by atoms with Crippen molar-refractivity contribution in [2.24, 2.45) is 5.73 Å². The highest BCUT2D eigenvalue weighted by Crippen LogP contribution is 2.18. The number of halogens is 1. The lowest BCUT2D eigenvalue weighted by molar-refractivity contribution is 0.708.